The van der Waals surface area contributed by atoms with E-state index < -0.39 is 4.92 Å². The van der Waals surface area contributed by atoms with Crippen molar-refractivity contribution in [2.24, 2.45) is 0 Å². The molecule has 1 aliphatic heterocycles. The number of thioether (sulfide) groups is 1. The monoisotopic (exact) mass is 456 g/mol. The molecule has 33 heavy (non-hydrogen) atoms. The van der Waals surface area contributed by atoms with Crippen LogP contribution in [0.1, 0.15) is 11.3 Å². The number of nitro groups is 1. The van der Waals surface area contributed by atoms with Gasteiger partial charge in [0, 0.05) is 23.8 Å². The highest BCUT2D eigenvalue weighted by atomic mass is 32.2. The molecule has 0 saturated carbocycles. The predicted octanol–water partition coefficient (Wildman–Crippen LogP) is 6.24. The van der Waals surface area contributed by atoms with Crippen molar-refractivity contribution in [3.63, 3.8) is 0 Å². The maximum atomic E-state index is 12.9. The van der Waals surface area contributed by atoms with Crippen LogP contribution in [0.2, 0.25) is 0 Å². The molecule has 1 aliphatic rings. The zero-order valence-corrected chi connectivity index (χ0v) is 18.0. The molecule has 1 aromatic heterocycles. The van der Waals surface area contributed by atoms with Crippen molar-refractivity contribution in [3.8, 4) is 11.3 Å². The van der Waals surface area contributed by atoms with E-state index in [1.807, 2.05) is 42.5 Å². The maximum absolute atomic E-state index is 12.9. The molecular weight excluding hydrogens is 440 g/mol. The Morgan fingerprint density at radius 2 is 1.70 bits per heavy atom. The van der Waals surface area contributed by atoms with E-state index in [1.165, 1.54) is 17.0 Å². The first-order chi connectivity index (χ1) is 16.0. The first-order valence-electron chi connectivity index (χ1n) is 10.1. The molecule has 1 saturated heterocycles. The molecule has 8 heteroatoms. The van der Waals surface area contributed by atoms with Crippen LogP contribution >= 0.6 is 11.8 Å². The number of furan rings is 1. The van der Waals surface area contributed by atoms with Gasteiger partial charge in [-0.2, -0.15) is 0 Å². The number of hydrogen-bond acceptors (Lipinski definition) is 6. The highest BCUT2D eigenvalue weighted by molar-refractivity contribution is 8.18. The van der Waals surface area contributed by atoms with E-state index >= 15 is 0 Å². The van der Waals surface area contributed by atoms with Crippen LogP contribution in [0.25, 0.3) is 28.2 Å². The van der Waals surface area contributed by atoms with Gasteiger partial charge in [-0.15, -0.1) is 0 Å². The summed E-state index contributed by atoms with van der Waals surface area (Å²) in [6, 6.07) is 23.2. The molecule has 162 valence electrons. The lowest BCUT2D eigenvalue weighted by atomic mass is 10.1. The van der Waals surface area contributed by atoms with E-state index in [1.54, 1.807) is 30.3 Å². The number of amides is 2. The number of hydrogen-bond donors (Lipinski definition) is 0. The second-order valence-electron chi connectivity index (χ2n) is 7.46. The molecule has 2 heterocycles. The first-order valence-corrected chi connectivity index (χ1v) is 10.9. The SMILES string of the molecule is O=C1S/C(=C/c2ccc(-c3ccc([N+](=O)[O-])cc3)o2)C(=O)N1Cc1ccc2ccccc2c1. The van der Waals surface area contributed by atoms with Gasteiger partial charge in [-0.05, 0) is 58.4 Å². The van der Waals surface area contributed by atoms with Gasteiger partial charge in [-0.25, -0.2) is 0 Å². The van der Waals surface area contributed by atoms with Crippen molar-refractivity contribution >= 4 is 45.4 Å². The molecule has 0 N–H and O–H groups in total. The predicted molar refractivity (Wildman–Crippen MR) is 126 cm³/mol. The number of fused-ring (bicyclic) bond motifs is 1. The molecule has 0 bridgehead atoms. The van der Waals surface area contributed by atoms with Crippen molar-refractivity contribution < 1.29 is 18.9 Å². The highest BCUT2D eigenvalue weighted by Crippen LogP contribution is 2.34. The molecular formula is C25H16N2O5S. The minimum atomic E-state index is -0.467. The van der Waals surface area contributed by atoms with Gasteiger partial charge in [-0.1, -0.05) is 36.4 Å². The van der Waals surface area contributed by atoms with Gasteiger partial charge in [0.05, 0.1) is 16.4 Å². The lowest BCUT2D eigenvalue weighted by Crippen LogP contribution is -2.27. The van der Waals surface area contributed by atoms with Gasteiger partial charge in [0.25, 0.3) is 16.8 Å². The van der Waals surface area contributed by atoms with Crippen LogP contribution < -0.4 is 0 Å². The molecule has 7 nitrogen and oxygen atoms in total. The molecule has 0 spiro atoms. The fourth-order valence-electron chi connectivity index (χ4n) is 3.62. The minimum Gasteiger partial charge on any atom is -0.457 e. The van der Waals surface area contributed by atoms with E-state index in [-0.39, 0.29) is 28.3 Å². The van der Waals surface area contributed by atoms with Gasteiger partial charge < -0.3 is 4.42 Å². The molecule has 5 rings (SSSR count). The Morgan fingerprint density at radius 1 is 0.939 bits per heavy atom. The average molecular weight is 456 g/mol. The van der Waals surface area contributed by atoms with Crippen molar-refractivity contribution in [2.45, 2.75) is 6.54 Å². The maximum Gasteiger partial charge on any atom is 0.293 e. The summed E-state index contributed by atoms with van der Waals surface area (Å²) in [5.41, 5.74) is 1.53. The molecule has 4 aromatic rings. The van der Waals surface area contributed by atoms with Gasteiger partial charge in [0.15, 0.2) is 0 Å². The summed E-state index contributed by atoms with van der Waals surface area (Å²) in [6.45, 7) is 0.193. The number of non-ortho nitro benzene ring substituents is 1. The molecule has 1 fully saturated rings. The lowest BCUT2D eigenvalue weighted by molar-refractivity contribution is -0.384. The van der Waals surface area contributed by atoms with Crippen LogP contribution in [0.15, 0.2) is 88.2 Å². The topological polar surface area (TPSA) is 93.7 Å². The summed E-state index contributed by atoms with van der Waals surface area (Å²) in [6.07, 6.45) is 1.54. The average Bonchev–Trinajstić information content (AvgIpc) is 3.39. The van der Waals surface area contributed by atoms with Gasteiger partial charge in [0.1, 0.15) is 11.5 Å². The first kappa shape index (κ1) is 20.7. The number of benzene rings is 3. The van der Waals surface area contributed by atoms with Crippen LogP contribution in [0, 0.1) is 10.1 Å². The Labute approximate surface area is 192 Å². The summed E-state index contributed by atoms with van der Waals surface area (Å²) in [5.74, 6) is 0.553. The van der Waals surface area contributed by atoms with Crippen molar-refractivity contribution in [3.05, 3.63) is 105 Å². The summed E-state index contributed by atoms with van der Waals surface area (Å²) in [4.78, 5) is 37.2. The third kappa shape index (κ3) is 4.16. The fourth-order valence-corrected chi connectivity index (χ4v) is 4.44. The third-order valence-corrected chi connectivity index (χ3v) is 6.20. The highest BCUT2D eigenvalue weighted by Gasteiger charge is 2.35. The van der Waals surface area contributed by atoms with E-state index in [2.05, 4.69) is 0 Å². The molecule has 0 aliphatic carbocycles. The number of carbonyl (C=O) groups is 2. The molecule has 2 amide bonds. The molecule has 3 aromatic carbocycles. The molecule has 0 unspecified atom stereocenters. The van der Waals surface area contributed by atoms with Crippen LogP contribution in [0.3, 0.4) is 0 Å². The van der Waals surface area contributed by atoms with Gasteiger partial charge >= 0.3 is 0 Å². The van der Waals surface area contributed by atoms with E-state index in [9.17, 15) is 19.7 Å². The summed E-state index contributed by atoms with van der Waals surface area (Å²) in [5, 5.41) is 12.6. The van der Waals surface area contributed by atoms with E-state index in [0.717, 1.165) is 28.1 Å². The number of imide groups is 1. The van der Waals surface area contributed by atoms with Crippen LogP contribution in [0.5, 0.6) is 0 Å². The minimum absolute atomic E-state index is 0.00869. The largest absolute Gasteiger partial charge is 0.457 e. The number of nitrogens with zero attached hydrogens (tertiary/aromatic N) is 2. The zero-order chi connectivity index (χ0) is 22.9. The van der Waals surface area contributed by atoms with Crippen molar-refractivity contribution in [1.29, 1.82) is 0 Å². The van der Waals surface area contributed by atoms with E-state index in [0.29, 0.717) is 17.1 Å². The zero-order valence-electron chi connectivity index (χ0n) is 17.1. The summed E-state index contributed by atoms with van der Waals surface area (Å²) in [7, 11) is 0. The number of rotatable bonds is 5. The summed E-state index contributed by atoms with van der Waals surface area (Å²) < 4.78 is 5.78. The third-order valence-electron chi connectivity index (χ3n) is 5.29. The quantitative estimate of drug-likeness (QED) is 0.200. The normalized spacial score (nSPS) is 15.0. The second-order valence-corrected chi connectivity index (χ2v) is 8.45. The Morgan fingerprint density at radius 3 is 2.45 bits per heavy atom. The Balaban J connectivity index is 1.34. The van der Waals surface area contributed by atoms with Crippen LogP contribution in [-0.4, -0.2) is 21.0 Å². The Bertz CT molecular complexity index is 1440. The van der Waals surface area contributed by atoms with Crippen LogP contribution in [-0.2, 0) is 11.3 Å². The standard InChI is InChI=1S/C25H16N2O5S/c28-24-23(14-21-11-12-22(32-21)18-7-9-20(10-8-18)27(30)31)33-25(29)26(24)15-16-5-6-17-3-1-2-4-19(17)13-16/h1-14H,15H2/b23-14+. The lowest BCUT2D eigenvalue weighted by Gasteiger charge is -2.13. The van der Waals surface area contributed by atoms with Gasteiger partial charge in [-0.3, -0.25) is 24.6 Å². The van der Waals surface area contributed by atoms with Crippen LogP contribution in [0.4, 0.5) is 10.5 Å². The smallest absolute Gasteiger partial charge is 0.293 e. The van der Waals surface area contributed by atoms with E-state index in [4.69, 9.17) is 4.42 Å². The van der Waals surface area contributed by atoms with Gasteiger partial charge in [0.2, 0.25) is 0 Å². The van der Waals surface area contributed by atoms with Crippen molar-refractivity contribution in [2.75, 3.05) is 0 Å². The second kappa shape index (κ2) is 8.40. The Kier molecular flexibility index (Phi) is 5.27. The fraction of sp³-hybridized carbons (Fsp3) is 0.0400. The van der Waals surface area contributed by atoms with Crippen molar-refractivity contribution in [1.82, 2.24) is 4.90 Å². The number of carbonyl (C=O) groups excluding carboxylic acids is 2. The number of nitro benzene ring substituents is 1. The Hall–Kier alpha value is -4.17. The summed E-state index contributed by atoms with van der Waals surface area (Å²) >= 11 is 0.873. The molecule has 0 atom stereocenters. The molecule has 0 radical (unpaired) electrons.